The van der Waals surface area contributed by atoms with E-state index in [0.29, 0.717) is 12.7 Å². The number of imidazole rings is 1. The monoisotopic (exact) mass is 306 g/mol. The van der Waals surface area contributed by atoms with Crippen LogP contribution in [0.5, 0.6) is 0 Å². The van der Waals surface area contributed by atoms with Crippen LogP contribution in [-0.2, 0) is 11.3 Å². The lowest BCUT2D eigenvalue weighted by atomic mass is 9.98. The molecule has 2 aromatic carbocycles. The van der Waals surface area contributed by atoms with E-state index in [9.17, 15) is 0 Å². The molecule has 1 aromatic heterocycles. The van der Waals surface area contributed by atoms with Crippen molar-refractivity contribution in [2.75, 3.05) is 0 Å². The van der Waals surface area contributed by atoms with Crippen molar-refractivity contribution in [3.63, 3.8) is 0 Å². The number of aromatic nitrogens is 2. The average Bonchev–Trinajstić information content (AvgIpc) is 3.05. The molecule has 0 unspecified atom stereocenters. The Kier molecular flexibility index (Phi) is 4.12. The number of hydrogen-bond donors (Lipinski definition) is 1. The molecule has 1 saturated carbocycles. The highest BCUT2D eigenvalue weighted by Crippen LogP contribution is 2.23. The van der Waals surface area contributed by atoms with Crippen molar-refractivity contribution in [3.8, 4) is 11.4 Å². The topological polar surface area (TPSA) is 37.9 Å². The minimum atomic E-state index is 0.457. The van der Waals surface area contributed by atoms with E-state index in [-0.39, 0.29) is 0 Å². The van der Waals surface area contributed by atoms with E-state index in [2.05, 4.69) is 40.3 Å². The fraction of sp³-hybridized carbons (Fsp3) is 0.350. The van der Waals surface area contributed by atoms with Crippen LogP contribution in [0.15, 0.2) is 48.5 Å². The molecule has 1 fully saturated rings. The molecule has 3 aromatic rings. The molecule has 0 amide bonds. The van der Waals surface area contributed by atoms with E-state index >= 15 is 0 Å². The third-order valence-electron chi connectivity index (χ3n) is 4.65. The first-order valence-corrected chi connectivity index (χ1v) is 8.54. The van der Waals surface area contributed by atoms with Crippen LogP contribution < -0.4 is 0 Å². The number of ether oxygens (including phenoxy) is 1. The van der Waals surface area contributed by atoms with Gasteiger partial charge < -0.3 is 9.72 Å². The van der Waals surface area contributed by atoms with Crippen LogP contribution in [0.25, 0.3) is 22.4 Å². The van der Waals surface area contributed by atoms with Crippen LogP contribution >= 0.6 is 0 Å². The van der Waals surface area contributed by atoms with E-state index < -0.39 is 0 Å². The number of fused-ring (bicyclic) bond motifs is 1. The maximum Gasteiger partial charge on any atom is 0.138 e. The number of H-pyrrole nitrogens is 1. The molecule has 1 aliphatic carbocycles. The first-order valence-electron chi connectivity index (χ1n) is 8.54. The largest absolute Gasteiger partial charge is 0.374 e. The summed E-state index contributed by atoms with van der Waals surface area (Å²) < 4.78 is 6.04. The number of benzene rings is 2. The zero-order valence-electron chi connectivity index (χ0n) is 13.3. The summed E-state index contributed by atoms with van der Waals surface area (Å²) in [6, 6.07) is 16.7. The summed E-state index contributed by atoms with van der Waals surface area (Å²) in [6.07, 6.45) is 6.89. The highest BCUT2D eigenvalue weighted by atomic mass is 16.5. The Bertz CT molecular complexity index is 737. The van der Waals surface area contributed by atoms with E-state index in [0.717, 1.165) is 22.4 Å². The van der Waals surface area contributed by atoms with Gasteiger partial charge in [-0.1, -0.05) is 55.7 Å². The van der Waals surface area contributed by atoms with Crippen molar-refractivity contribution in [2.45, 2.75) is 44.8 Å². The summed E-state index contributed by atoms with van der Waals surface area (Å²) in [5.74, 6) is 0.922. The Morgan fingerprint density at radius 2 is 1.74 bits per heavy atom. The Labute approximate surface area is 136 Å². The van der Waals surface area contributed by atoms with Gasteiger partial charge >= 0.3 is 0 Å². The normalized spacial score (nSPS) is 16.0. The van der Waals surface area contributed by atoms with Gasteiger partial charge in [0.1, 0.15) is 5.82 Å². The van der Waals surface area contributed by atoms with Gasteiger partial charge in [0.05, 0.1) is 23.7 Å². The minimum absolute atomic E-state index is 0.457. The van der Waals surface area contributed by atoms with E-state index in [1.165, 1.54) is 37.7 Å². The maximum absolute atomic E-state index is 6.04. The van der Waals surface area contributed by atoms with Gasteiger partial charge in [0, 0.05) is 5.56 Å². The lowest BCUT2D eigenvalue weighted by molar-refractivity contribution is 0.0169. The van der Waals surface area contributed by atoms with E-state index in [1.807, 2.05) is 18.2 Å². The number of nitrogens with zero attached hydrogens (tertiary/aromatic N) is 1. The van der Waals surface area contributed by atoms with Crippen molar-refractivity contribution in [2.24, 2.45) is 0 Å². The van der Waals surface area contributed by atoms with E-state index in [4.69, 9.17) is 4.74 Å². The second kappa shape index (κ2) is 6.55. The van der Waals surface area contributed by atoms with Crippen LogP contribution in [0.2, 0.25) is 0 Å². The minimum Gasteiger partial charge on any atom is -0.374 e. The fourth-order valence-electron chi connectivity index (χ4n) is 3.29. The summed E-state index contributed by atoms with van der Waals surface area (Å²) in [5, 5.41) is 0. The van der Waals surface area contributed by atoms with Gasteiger partial charge in [-0.05, 0) is 30.5 Å². The van der Waals surface area contributed by atoms with Gasteiger partial charge in [-0.2, -0.15) is 0 Å². The number of para-hydroxylation sites is 2. The summed E-state index contributed by atoms with van der Waals surface area (Å²) in [5.41, 5.74) is 4.43. The second-order valence-corrected chi connectivity index (χ2v) is 6.37. The standard InChI is InChI=1S/C20H22N2O/c1-2-6-17(7-3-1)23-14-15-10-12-16(13-11-15)20-21-18-8-4-5-9-19(18)22-20/h4-5,8-13,17H,1-3,6-7,14H2,(H,21,22). The Morgan fingerprint density at radius 1 is 0.957 bits per heavy atom. The molecule has 23 heavy (non-hydrogen) atoms. The Hall–Kier alpha value is -2.13. The smallest absolute Gasteiger partial charge is 0.138 e. The first-order chi connectivity index (χ1) is 11.4. The van der Waals surface area contributed by atoms with Crippen LogP contribution in [0.1, 0.15) is 37.7 Å². The van der Waals surface area contributed by atoms with Crippen LogP contribution in [0, 0.1) is 0 Å². The molecule has 0 aliphatic heterocycles. The Morgan fingerprint density at radius 3 is 2.52 bits per heavy atom. The van der Waals surface area contributed by atoms with Crippen molar-refractivity contribution in [3.05, 3.63) is 54.1 Å². The molecule has 1 aliphatic rings. The van der Waals surface area contributed by atoms with Gasteiger partial charge in [0.2, 0.25) is 0 Å². The molecule has 0 radical (unpaired) electrons. The van der Waals surface area contributed by atoms with Crippen molar-refractivity contribution < 1.29 is 4.74 Å². The van der Waals surface area contributed by atoms with Gasteiger partial charge in [0.15, 0.2) is 0 Å². The van der Waals surface area contributed by atoms with Crippen LogP contribution in [0.4, 0.5) is 0 Å². The third-order valence-corrected chi connectivity index (χ3v) is 4.65. The van der Waals surface area contributed by atoms with Gasteiger partial charge in [-0.3, -0.25) is 0 Å². The molecule has 3 nitrogen and oxygen atoms in total. The summed E-state index contributed by atoms with van der Waals surface area (Å²) in [6.45, 7) is 0.713. The molecule has 118 valence electrons. The highest BCUT2D eigenvalue weighted by molar-refractivity contribution is 5.79. The zero-order valence-corrected chi connectivity index (χ0v) is 13.3. The predicted molar refractivity (Wildman–Crippen MR) is 93.2 cm³/mol. The molecule has 3 heteroatoms. The number of hydrogen-bond acceptors (Lipinski definition) is 2. The van der Waals surface area contributed by atoms with Crippen molar-refractivity contribution in [1.29, 1.82) is 0 Å². The number of rotatable bonds is 4. The summed E-state index contributed by atoms with van der Waals surface area (Å²) in [4.78, 5) is 8.02. The average molecular weight is 306 g/mol. The molecule has 0 saturated heterocycles. The third kappa shape index (κ3) is 3.30. The van der Waals surface area contributed by atoms with Crippen molar-refractivity contribution in [1.82, 2.24) is 9.97 Å². The van der Waals surface area contributed by atoms with Gasteiger partial charge in [-0.25, -0.2) is 4.98 Å². The maximum atomic E-state index is 6.04. The van der Waals surface area contributed by atoms with Crippen LogP contribution in [-0.4, -0.2) is 16.1 Å². The van der Waals surface area contributed by atoms with Gasteiger partial charge in [-0.15, -0.1) is 0 Å². The SMILES string of the molecule is c1ccc2[nH]c(-c3ccc(COC4CCCCC4)cc3)nc2c1. The Balaban J connectivity index is 1.44. The summed E-state index contributed by atoms with van der Waals surface area (Å²) in [7, 11) is 0. The van der Waals surface area contributed by atoms with E-state index in [1.54, 1.807) is 0 Å². The lowest BCUT2D eigenvalue weighted by Gasteiger charge is -2.22. The molecule has 0 atom stereocenters. The first kappa shape index (κ1) is 14.5. The van der Waals surface area contributed by atoms with Crippen LogP contribution in [0.3, 0.4) is 0 Å². The van der Waals surface area contributed by atoms with Gasteiger partial charge in [0.25, 0.3) is 0 Å². The quantitative estimate of drug-likeness (QED) is 0.730. The fourth-order valence-corrected chi connectivity index (χ4v) is 3.29. The second-order valence-electron chi connectivity index (χ2n) is 6.37. The molecular formula is C20H22N2O. The molecule has 0 spiro atoms. The molecule has 1 N–H and O–H groups in total. The summed E-state index contributed by atoms with van der Waals surface area (Å²) >= 11 is 0. The highest BCUT2D eigenvalue weighted by Gasteiger charge is 2.13. The van der Waals surface area contributed by atoms with Crippen molar-refractivity contribution >= 4 is 11.0 Å². The zero-order chi connectivity index (χ0) is 15.5. The molecule has 1 heterocycles. The molecular weight excluding hydrogens is 284 g/mol. The lowest BCUT2D eigenvalue weighted by Crippen LogP contribution is -2.16. The molecule has 4 rings (SSSR count). The molecule has 0 bridgehead atoms. The number of aromatic amines is 1. The number of nitrogens with one attached hydrogen (secondary N) is 1. The predicted octanol–water partition coefficient (Wildman–Crippen LogP) is 5.08.